The van der Waals surface area contributed by atoms with E-state index >= 15 is 0 Å². The molecule has 2 heterocycles. The number of carbonyl (C=O) groups excluding carboxylic acids is 3. The highest BCUT2D eigenvalue weighted by Gasteiger charge is 2.28. The molecule has 2 aliphatic rings. The normalized spacial score (nSPS) is 21.7. The zero-order valence-corrected chi connectivity index (χ0v) is 13.6. The van der Waals surface area contributed by atoms with Crippen LogP contribution in [0.1, 0.15) is 25.0 Å². The standard InChI is InChI=1S/C17H22N4O3/c22-13-4-5-14(15(23)11-13)20-17(24)10-12-2-1-3-16(19-12)21-8-6-18-7-9-21/h1-3,14,18H,4-11H2,(H,20,24). The predicted octanol–water partition coefficient (Wildman–Crippen LogP) is -0.159. The van der Waals surface area contributed by atoms with Crippen molar-refractivity contribution in [2.75, 3.05) is 31.1 Å². The van der Waals surface area contributed by atoms with E-state index in [0.717, 1.165) is 32.0 Å². The van der Waals surface area contributed by atoms with Gasteiger partial charge in [-0.3, -0.25) is 14.4 Å². The Balaban J connectivity index is 1.58. The van der Waals surface area contributed by atoms with Gasteiger partial charge in [-0.2, -0.15) is 0 Å². The molecule has 1 unspecified atom stereocenters. The minimum atomic E-state index is -0.536. The number of carbonyl (C=O) groups is 3. The van der Waals surface area contributed by atoms with Crippen LogP contribution in [-0.4, -0.2) is 54.7 Å². The number of rotatable bonds is 4. The third-order valence-corrected chi connectivity index (χ3v) is 4.38. The number of nitrogens with zero attached hydrogens (tertiary/aromatic N) is 2. The maximum atomic E-state index is 12.2. The van der Waals surface area contributed by atoms with Crippen LogP contribution in [0.5, 0.6) is 0 Å². The van der Waals surface area contributed by atoms with Gasteiger partial charge in [-0.05, 0) is 18.6 Å². The number of hydrogen-bond donors (Lipinski definition) is 2. The molecule has 24 heavy (non-hydrogen) atoms. The van der Waals surface area contributed by atoms with Crippen LogP contribution in [0.2, 0.25) is 0 Å². The highest BCUT2D eigenvalue weighted by molar-refractivity contribution is 6.05. The van der Waals surface area contributed by atoms with Crippen molar-refractivity contribution >= 4 is 23.3 Å². The van der Waals surface area contributed by atoms with Crippen LogP contribution in [-0.2, 0) is 20.8 Å². The first-order chi connectivity index (χ1) is 11.6. The smallest absolute Gasteiger partial charge is 0.226 e. The van der Waals surface area contributed by atoms with E-state index in [1.807, 2.05) is 18.2 Å². The molecule has 2 fully saturated rings. The van der Waals surface area contributed by atoms with E-state index in [4.69, 9.17) is 0 Å². The van der Waals surface area contributed by atoms with Gasteiger partial charge in [0.2, 0.25) is 5.91 Å². The molecule has 1 saturated carbocycles. The summed E-state index contributed by atoms with van der Waals surface area (Å²) in [6.45, 7) is 3.64. The Morgan fingerprint density at radius 2 is 2.08 bits per heavy atom. The average molecular weight is 330 g/mol. The Hall–Kier alpha value is -2.28. The second-order valence-corrected chi connectivity index (χ2v) is 6.24. The molecule has 128 valence electrons. The average Bonchev–Trinajstić information content (AvgIpc) is 2.58. The Labute approximate surface area is 140 Å². The molecule has 0 spiro atoms. The van der Waals surface area contributed by atoms with Crippen LogP contribution >= 0.6 is 0 Å². The maximum Gasteiger partial charge on any atom is 0.226 e. The van der Waals surface area contributed by atoms with E-state index in [2.05, 4.69) is 20.5 Å². The van der Waals surface area contributed by atoms with Crippen molar-refractivity contribution in [3.05, 3.63) is 23.9 Å². The molecule has 0 bridgehead atoms. The van der Waals surface area contributed by atoms with E-state index < -0.39 is 6.04 Å². The third-order valence-electron chi connectivity index (χ3n) is 4.38. The monoisotopic (exact) mass is 330 g/mol. The highest BCUT2D eigenvalue weighted by atomic mass is 16.2. The van der Waals surface area contributed by atoms with Gasteiger partial charge in [0.25, 0.3) is 0 Å². The topological polar surface area (TPSA) is 91.4 Å². The molecule has 1 aliphatic heterocycles. The number of ketones is 2. The van der Waals surface area contributed by atoms with Gasteiger partial charge >= 0.3 is 0 Å². The minimum absolute atomic E-state index is 0.0455. The third kappa shape index (κ3) is 4.17. The van der Waals surface area contributed by atoms with Crippen molar-refractivity contribution in [3.63, 3.8) is 0 Å². The molecule has 1 aliphatic carbocycles. The molecule has 1 amide bonds. The predicted molar refractivity (Wildman–Crippen MR) is 88.8 cm³/mol. The molecule has 0 radical (unpaired) electrons. The first kappa shape index (κ1) is 16.6. The second-order valence-electron chi connectivity index (χ2n) is 6.24. The number of Topliss-reactive ketones (excluding diaryl/α,β-unsaturated/α-hetero) is 2. The van der Waals surface area contributed by atoms with Gasteiger partial charge in [-0.1, -0.05) is 6.07 Å². The summed E-state index contributed by atoms with van der Waals surface area (Å²) in [6, 6.07) is 5.13. The maximum absolute atomic E-state index is 12.2. The molecule has 7 heteroatoms. The zero-order chi connectivity index (χ0) is 16.9. The number of piperazine rings is 1. The van der Waals surface area contributed by atoms with Crippen LogP contribution < -0.4 is 15.5 Å². The summed E-state index contributed by atoms with van der Waals surface area (Å²) in [5.41, 5.74) is 0.683. The summed E-state index contributed by atoms with van der Waals surface area (Å²) in [5, 5.41) is 6.03. The summed E-state index contributed by atoms with van der Waals surface area (Å²) in [5.74, 6) is 0.409. The van der Waals surface area contributed by atoms with E-state index in [1.54, 1.807) is 0 Å². The number of anilines is 1. The van der Waals surface area contributed by atoms with Crippen LogP contribution in [0.15, 0.2) is 18.2 Å². The molecule has 3 rings (SSSR count). The van der Waals surface area contributed by atoms with Crippen molar-refractivity contribution in [1.82, 2.24) is 15.6 Å². The van der Waals surface area contributed by atoms with Crippen molar-refractivity contribution in [3.8, 4) is 0 Å². The lowest BCUT2D eigenvalue weighted by molar-refractivity contribution is -0.134. The van der Waals surface area contributed by atoms with Crippen molar-refractivity contribution in [1.29, 1.82) is 0 Å². The van der Waals surface area contributed by atoms with E-state index in [9.17, 15) is 14.4 Å². The van der Waals surface area contributed by atoms with Crippen LogP contribution in [0.4, 0.5) is 5.82 Å². The zero-order valence-electron chi connectivity index (χ0n) is 13.6. The molecule has 2 N–H and O–H groups in total. The highest BCUT2D eigenvalue weighted by Crippen LogP contribution is 2.14. The van der Waals surface area contributed by atoms with Crippen molar-refractivity contribution < 1.29 is 14.4 Å². The molecule has 0 aromatic carbocycles. The molecule has 7 nitrogen and oxygen atoms in total. The number of pyridine rings is 1. The first-order valence-corrected chi connectivity index (χ1v) is 8.37. The fourth-order valence-electron chi connectivity index (χ4n) is 3.07. The van der Waals surface area contributed by atoms with E-state index in [0.29, 0.717) is 18.5 Å². The summed E-state index contributed by atoms with van der Waals surface area (Å²) >= 11 is 0. The fraction of sp³-hybridized carbons (Fsp3) is 0.529. The lowest BCUT2D eigenvalue weighted by Crippen LogP contribution is -2.45. The van der Waals surface area contributed by atoms with Crippen LogP contribution in [0, 0.1) is 0 Å². The number of nitrogens with one attached hydrogen (secondary N) is 2. The van der Waals surface area contributed by atoms with E-state index in [1.165, 1.54) is 0 Å². The summed E-state index contributed by atoms with van der Waals surface area (Å²) in [6.07, 6.45) is 0.824. The van der Waals surface area contributed by atoms with E-state index in [-0.39, 0.29) is 30.3 Å². The van der Waals surface area contributed by atoms with Gasteiger partial charge < -0.3 is 15.5 Å². The van der Waals surface area contributed by atoms with Gasteiger partial charge in [-0.25, -0.2) is 4.98 Å². The summed E-state index contributed by atoms with van der Waals surface area (Å²) < 4.78 is 0. The quantitative estimate of drug-likeness (QED) is 0.746. The lowest BCUT2D eigenvalue weighted by atomic mass is 9.93. The van der Waals surface area contributed by atoms with Gasteiger partial charge in [0, 0.05) is 32.6 Å². The van der Waals surface area contributed by atoms with Gasteiger partial charge in [0.1, 0.15) is 11.6 Å². The Morgan fingerprint density at radius 3 is 2.83 bits per heavy atom. The number of amides is 1. The summed E-state index contributed by atoms with van der Waals surface area (Å²) in [4.78, 5) is 42.0. The van der Waals surface area contributed by atoms with Crippen LogP contribution in [0.25, 0.3) is 0 Å². The first-order valence-electron chi connectivity index (χ1n) is 8.37. The van der Waals surface area contributed by atoms with Gasteiger partial charge in [0.05, 0.1) is 24.6 Å². The second kappa shape index (κ2) is 7.53. The SMILES string of the molecule is O=C1CCC(NC(=O)Cc2cccc(N3CCNCC3)n2)C(=O)C1. The largest absolute Gasteiger partial charge is 0.354 e. The van der Waals surface area contributed by atoms with Crippen molar-refractivity contribution in [2.24, 2.45) is 0 Å². The number of aromatic nitrogens is 1. The number of hydrogen-bond acceptors (Lipinski definition) is 6. The van der Waals surface area contributed by atoms with Gasteiger partial charge in [0.15, 0.2) is 5.78 Å². The summed E-state index contributed by atoms with van der Waals surface area (Å²) in [7, 11) is 0. The Bertz CT molecular complexity index is 640. The van der Waals surface area contributed by atoms with Crippen LogP contribution in [0.3, 0.4) is 0 Å². The van der Waals surface area contributed by atoms with Crippen molar-refractivity contribution in [2.45, 2.75) is 31.7 Å². The molecule has 1 saturated heterocycles. The van der Waals surface area contributed by atoms with Gasteiger partial charge in [-0.15, -0.1) is 0 Å². The molecular formula is C17H22N4O3. The Kier molecular flexibility index (Phi) is 5.20. The Morgan fingerprint density at radius 1 is 1.29 bits per heavy atom. The lowest BCUT2D eigenvalue weighted by Gasteiger charge is -2.28. The molecular weight excluding hydrogens is 308 g/mol. The molecule has 1 atom stereocenters. The fourth-order valence-corrected chi connectivity index (χ4v) is 3.07. The molecule has 1 aromatic rings. The minimum Gasteiger partial charge on any atom is -0.354 e. The molecule has 1 aromatic heterocycles.